The molecule has 3 heteroatoms. The van der Waals surface area contributed by atoms with Crippen LogP contribution in [0.5, 0.6) is 0 Å². The van der Waals surface area contributed by atoms with E-state index in [-0.39, 0.29) is 24.0 Å². The van der Waals surface area contributed by atoms with E-state index in [1.165, 1.54) is 0 Å². The summed E-state index contributed by atoms with van der Waals surface area (Å²) in [6, 6.07) is 7.27. The molecular weight excluding hydrogens is 226 g/mol. The van der Waals surface area contributed by atoms with E-state index in [4.69, 9.17) is 0 Å². The molecule has 0 saturated heterocycles. The molecule has 1 aromatic carbocycles. The van der Waals surface area contributed by atoms with Gasteiger partial charge in [0.15, 0.2) is 0 Å². The highest BCUT2D eigenvalue weighted by molar-refractivity contribution is 5.95. The summed E-state index contributed by atoms with van der Waals surface area (Å²) in [6.45, 7) is 8.16. The predicted molar refractivity (Wildman–Crippen MR) is 73.6 cm³/mol. The quantitative estimate of drug-likeness (QED) is 0.861. The Kier molecular flexibility index (Phi) is 4.91. The van der Waals surface area contributed by atoms with E-state index in [1.54, 1.807) is 6.07 Å². The second kappa shape index (κ2) is 6.01. The lowest BCUT2D eigenvalue weighted by molar-refractivity contribution is 0.0897. The van der Waals surface area contributed by atoms with E-state index < -0.39 is 0 Å². The van der Waals surface area contributed by atoms with Crippen molar-refractivity contribution in [2.45, 2.75) is 40.2 Å². The summed E-state index contributed by atoms with van der Waals surface area (Å²) in [5.74, 6) is -0.114. The average Bonchev–Trinajstić information content (AvgIpc) is 2.26. The fraction of sp³-hybridized carbons (Fsp3) is 0.533. The Morgan fingerprint density at radius 2 is 1.94 bits per heavy atom. The molecular formula is C15H23NO2. The second-order valence-electron chi connectivity index (χ2n) is 5.93. The van der Waals surface area contributed by atoms with Crippen molar-refractivity contribution >= 4 is 5.91 Å². The topological polar surface area (TPSA) is 49.3 Å². The molecule has 0 fully saturated rings. The Morgan fingerprint density at radius 3 is 2.44 bits per heavy atom. The fourth-order valence-electron chi connectivity index (χ4n) is 1.99. The lowest BCUT2D eigenvalue weighted by atomic mass is 9.88. The lowest BCUT2D eigenvalue weighted by Gasteiger charge is -2.25. The number of hydrogen-bond donors (Lipinski definition) is 2. The molecule has 0 heterocycles. The second-order valence-corrected chi connectivity index (χ2v) is 5.93. The van der Waals surface area contributed by atoms with E-state index in [9.17, 15) is 9.90 Å². The zero-order valence-corrected chi connectivity index (χ0v) is 11.7. The third-order valence-electron chi connectivity index (χ3n) is 2.80. The van der Waals surface area contributed by atoms with Gasteiger partial charge in [-0.05, 0) is 30.4 Å². The number of rotatable bonds is 4. The summed E-state index contributed by atoms with van der Waals surface area (Å²) in [6.07, 6.45) is 0.751. The Hall–Kier alpha value is -1.35. The van der Waals surface area contributed by atoms with Crippen LogP contribution in [-0.4, -0.2) is 23.7 Å². The molecule has 1 atom stereocenters. The predicted octanol–water partition coefficient (Wildman–Crippen LogP) is 2.52. The van der Waals surface area contributed by atoms with Crippen molar-refractivity contribution in [1.82, 2.24) is 5.32 Å². The van der Waals surface area contributed by atoms with Crippen molar-refractivity contribution in [2.75, 3.05) is 6.61 Å². The number of aliphatic hydroxyl groups excluding tert-OH is 1. The molecule has 0 saturated carbocycles. The number of hydrogen-bond acceptors (Lipinski definition) is 2. The zero-order valence-electron chi connectivity index (χ0n) is 11.7. The number of amides is 1. The van der Waals surface area contributed by atoms with Gasteiger partial charge in [0.1, 0.15) is 0 Å². The normalized spacial score (nSPS) is 13.2. The van der Waals surface area contributed by atoms with Crippen molar-refractivity contribution < 1.29 is 9.90 Å². The van der Waals surface area contributed by atoms with Gasteiger partial charge in [-0.3, -0.25) is 4.79 Å². The maximum atomic E-state index is 12.1. The Bertz CT molecular complexity index is 407. The molecule has 1 amide bonds. The molecule has 1 rings (SSSR count). The largest absolute Gasteiger partial charge is 0.394 e. The number of aliphatic hydroxyl groups is 1. The highest BCUT2D eigenvalue weighted by Gasteiger charge is 2.20. The zero-order chi connectivity index (χ0) is 13.8. The number of benzene rings is 1. The van der Waals surface area contributed by atoms with E-state index in [1.807, 2.05) is 25.1 Å². The average molecular weight is 249 g/mol. The van der Waals surface area contributed by atoms with E-state index in [2.05, 4.69) is 26.1 Å². The molecule has 0 aliphatic heterocycles. The first kappa shape index (κ1) is 14.7. The van der Waals surface area contributed by atoms with Gasteiger partial charge in [-0.2, -0.15) is 0 Å². The third-order valence-corrected chi connectivity index (χ3v) is 2.80. The van der Waals surface area contributed by atoms with Crippen LogP contribution in [0.3, 0.4) is 0 Å². The van der Waals surface area contributed by atoms with E-state index in [0.29, 0.717) is 5.56 Å². The third kappa shape index (κ3) is 4.49. The van der Waals surface area contributed by atoms with Gasteiger partial charge >= 0.3 is 0 Å². The van der Waals surface area contributed by atoms with Crippen molar-refractivity contribution in [3.05, 3.63) is 35.4 Å². The summed E-state index contributed by atoms with van der Waals surface area (Å²) in [4.78, 5) is 12.1. The molecule has 0 aliphatic rings. The monoisotopic (exact) mass is 249 g/mol. The molecule has 1 aromatic rings. The van der Waals surface area contributed by atoms with E-state index in [0.717, 1.165) is 12.0 Å². The van der Waals surface area contributed by atoms with Crippen LogP contribution < -0.4 is 5.32 Å². The van der Waals surface area contributed by atoms with Crippen LogP contribution in [0.4, 0.5) is 0 Å². The first-order chi connectivity index (χ1) is 8.33. The Morgan fingerprint density at radius 1 is 1.33 bits per heavy atom. The van der Waals surface area contributed by atoms with Crippen LogP contribution in [0, 0.1) is 12.3 Å². The van der Waals surface area contributed by atoms with Crippen molar-refractivity contribution in [2.24, 2.45) is 5.41 Å². The maximum Gasteiger partial charge on any atom is 0.251 e. The van der Waals surface area contributed by atoms with Gasteiger partial charge in [0.05, 0.1) is 12.6 Å². The molecule has 0 aromatic heterocycles. The Balaban J connectivity index is 2.71. The minimum Gasteiger partial charge on any atom is -0.394 e. The van der Waals surface area contributed by atoms with Gasteiger partial charge in [-0.25, -0.2) is 0 Å². The number of aryl methyl sites for hydroxylation is 1. The number of nitrogens with one attached hydrogen (secondary N) is 1. The molecule has 100 valence electrons. The van der Waals surface area contributed by atoms with Gasteiger partial charge < -0.3 is 10.4 Å². The summed E-state index contributed by atoms with van der Waals surface area (Å²) in [5.41, 5.74) is 1.69. The van der Waals surface area contributed by atoms with Gasteiger partial charge in [-0.1, -0.05) is 39.0 Å². The standard InChI is InChI=1S/C15H23NO2/c1-11-7-5-6-8-13(11)14(18)16-12(10-17)9-15(2,3)4/h5-8,12,17H,9-10H2,1-4H3,(H,16,18). The van der Waals surface area contributed by atoms with Crippen LogP contribution in [0.2, 0.25) is 0 Å². The number of carbonyl (C=O) groups excluding carboxylic acids is 1. The van der Waals surface area contributed by atoms with Crippen molar-refractivity contribution in [1.29, 1.82) is 0 Å². The highest BCUT2D eigenvalue weighted by atomic mass is 16.3. The molecule has 1 unspecified atom stereocenters. The Labute approximate surface area is 109 Å². The molecule has 0 radical (unpaired) electrons. The fourth-order valence-corrected chi connectivity index (χ4v) is 1.99. The summed E-state index contributed by atoms with van der Waals surface area (Å²) >= 11 is 0. The highest BCUT2D eigenvalue weighted by Crippen LogP contribution is 2.21. The van der Waals surface area contributed by atoms with Gasteiger partial charge in [0.2, 0.25) is 0 Å². The van der Waals surface area contributed by atoms with Crippen LogP contribution in [0.25, 0.3) is 0 Å². The summed E-state index contributed by atoms with van der Waals surface area (Å²) in [7, 11) is 0. The van der Waals surface area contributed by atoms with Gasteiger partial charge in [-0.15, -0.1) is 0 Å². The van der Waals surface area contributed by atoms with Crippen LogP contribution >= 0.6 is 0 Å². The minimum atomic E-state index is -0.197. The van der Waals surface area contributed by atoms with Gasteiger partial charge in [0.25, 0.3) is 5.91 Å². The molecule has 2 N–H and O–H groups in total. The summed E-state index contributed by atoms with van der Waals surface area (Å²) < 4.78 is 0. The molecule has 18 heavy (non-hydrogen) atoms. The summed E-state index contributed by atoms with van der Waals surface area (Å²) in [5, 5.41) is 12.2. The molecule has 0 aliphatic carbocycles. The number of carbonyl (C=O) groups is 1. The first-order valence-corrected chi connectivity index (χ1v) is 6.31. The van der Waals surface area contributed by atoms with Crippen molar-refractivity contribution in [3.8, 4) is 0 Å². The molecule has 3 nitrogen and oxygen atoms in total. The molecule has 0 spiro atoms. The first-order valence-electron chi connectivity index (χ1n) is 6.31. The SMILES string of the molecule is Cc1ccccc1C(=O)NC(CO)CC(C)(C)C. The van der Waals surface area contributed by atoms with Crippen molar-refractivity contribution in [3.63, 3.8) is 0 Å². The van der Waals surface area contributed by atoms with Gasteiger partial charge in [0, 0.05) is 5.56 Å². The lowest BCUT2D eigenvalue weighted by Crippen LogP contribution is -2.40. The van der Waals surface area contributed by atoms with E-state index >= 15 is 0 Å². The van der Waals surface area contributed by atoms with Crippen LogP contribution in [0.15, 0.2) is 24.3 Å². The minimum absolute atomic E-state index is 0.0328. The van der Waals surface area contributed by atoms with Crippen LogP contribution in [0.1, 0.15) is 43.1 Å². The van der Waals surface area contributed by atoms with Crippen LogP contribution in [-0.2, 0) is 0 Å². The smallest absolute Gasteiger partial charge is 0.251 e. The molecule has 0 bridgehead atoms. The maximum absolute atomic E-state index is 12.1.